The molecule has 1 aromatic carbocycles. The van der Waals surface area contributed by atoms with Gasteiger partial charge >= 0.3 is 0 Å². The van der Waals surface area contributed by atoms with Crippen LogP contribution in [0.15, 0.2) is 41.4 Å². The highest BCUT2D eigenvalue weighted by Crippen LogP contribution is 2.25. The smallest absolute Gasteiger partial charge is 0.245 e. The maximum atomic E-state index is 12.4. The number of hydrogen-bond acceptors (Lipinski definition) is 3. The van der Waals surface area contributed by atoms with Gasteiger partial charge in [0.05, 0.1) is 12.2 Å². The van der Waals surface area contributed by atoms with Crippen LogP contribution in [0.4, 0.5) is 0 Å². The van der Waals surface area contributed by atoms with Gasteiger partial charge in [-0.05, 0) is 30.3 Å². The molecule has 6 heteroatoms. The molecule has 3 rings (SSSR count). The van der Waals surface area contributed by atoms with Crippen LogP contribution < -0.4 is 0 Å². The van der Waals surface area contributed by atoms with Gasteiger partial charge in [-0.3, -0.25) is 14.4 Å². The summed E-state index contributed by atoms with van der Waals surface area (Å²) in [6.07, 6.45) is 2.48. The second kappa shape index (κ2) is 6.73. The predicted octanol–water partition coefficient (Wildman–Crippen LogP) is 2.82. The predicted molar refractivity (Wildman–Crippen MR) is 94.9 cm³/mol. The molecule has 1 aromatic heterocycles. The lowest BCUT2D eigenvalue weighted by Crippen LogP contribution is -2.50. The highest BCUT2D eigenvalue weighted by molar-refractivity contribution is 9.10. The number of benzene rings is 1. The number of likely N-dealkylation sites (tertiary alicyclic amines) is 1. The van der Waals surface area contributed by atoms with Crippen LogP contribution in [0.3, 0.4) is 0 Å². The van der Waals surface area contributed by atoms with E-state index in [0.29, 0.717) is 25.2 Å². The molecule has 1 aliphatic rings. The number of aldehydes is 1. The van der Waals surface area contributed by atoms with Gasteiger partial charge in [-0.1, -0.05) is 22.5 Å². The zero-order chi connectivity index (χ0) is 17.3. The summed E-state index contributed by atoms with van der Waals surface area (Å²) in [5, 5.41) is 0.922. The molecule has 0 unspecified atom stereocenters. The number of hydrogen-bond donors (Lipinski definition) is 0. The molecule has 0 radical (unpaired) electrons. The van der Waals surface area contributed by atoms with E-state index in [4.69, 9.17) is 0 Å². The Hall–Kier alpha value is -2.21. The van der Waals surface area contributed by atoms with Crippen molar-refractivity contribution in [3.63, 3.8) is 0 Å². The molecular formula is C18H17BrN2O3. The first kappa shape index (κ1) is 16.6. The molecule has 0 bridgehead atoms. The highest BCUT2D eigenvalue weighted by Gasteiger charge is 2.30. The van der Waals surface area contributed by atoms with Crippen molar-refractivity contribution >= 4 is 44.8 Å². The standard InChI is InChI=1S/C18H17BrN2O3/c1-2-18(24)20-8-12(9-20)5-16(23)10-21-15(11-22)7-13-6-14(19)3-4-17(13)21/h2-4,6-7,11-12H,1,5,8-10H2. The second-order valence-corrected chi connectivity index (χ2v) is 6.95. The fourth-order valence-electron chi connectivity index (χ4n) is 3.11. The zero-order valence-electron chi connectivity index (χ0n) is 13.1. The fourth-order valence-corrected chi connectivity index (χ4v) is 3.49. The molecule has 0 atom stereocenters. The lowest BCUT2D eigenvalue weighted by Gasteiger charge is -2.38. The first-order valence-electron chi connectivity index (χ1n) is 7.69. The first-order chi connectivity index (χ1) is 11.5. The van der Waals surface area contributed by atoms with Crippen molar-refractivity contribution < 1.29 is 14.4 Å². The van der Waals surface area contributed by atoms with Gasteiger partial charge in [-0.2, -0.15) is 0 Å². The van der Waals surface area contributed by atoms with Gasteiger partial charge in [-0.25, -0.2) is 0 Å². The van der Waals surface area contributed by atoms with Gasteiger partial charge < -0.3 is 9.47 Å². The van der Waals surface area contributed by atoms with Crippen LogP contribution in [0.2, 0.25) is 0 Å². The molecular weight excluding hydrogens is 372 g/mol. The molecule has 2 heterocycles. The summed E-state index contributed by atoms with van der Waals surface area (Å²) in [5.74, 6) is 0.162. The Bertz CT molecular complexity index is 834. The Morgan fingerprint density at radius 3 is 2.71 bits per heavy atom. The number of rotatable bonds is 6. The van der Waals surface area contributed by atoms with E-state index >= 15 is 0 Å². The van der Waals surface area contributed by atoms with Crippen molar-refractivity contribution in [2.45, 2.75) is 13.0 Å². The number of carbonyl (C=O) groups is 3. The van der Waals surface area contributed by atoms with E-state index in [2.05, 4.69) is 22.5 Å². The third-order valence-electron chi connectivity index (χ3n) is 4.31. The van der Waals surface area contributed by atoms with Crippen LogP contribution in [0.1, 0.15) is 16.9 Å². The number of aromatic nitrogens is 1. The van der Waals surface area contributed by atoms with Crippen molar-refractivity contribution in [2.75, 3.05) is 13.1 Å². The molecule has 1 amide bonds. The van der Waals surface area contributed by atoms with Crippen molar-refractivity contribution in [1.82, 2.24) is 9.47 Å². The summed E-state index contributed by atoms with van der Waals surface area (Å²) in [6.45, 7) is 4.81. The van der Waals surface area contributed by atoms with Gasteiger partial charge in [-0.15, -0.1) is 0 Å². The van der Waals surface area contributed by atoms with Crippen molar-refractivity contribution in [3.8, 4) is 0 Å². The average Bonchev–Trinajstić information content (AvgIpc) is 2.86. The van der Waals surface area contributed by atoms with E-state index in [1.54, 1.807) is 15.5 Å². The summed E-state index contributed by atoms with van der Waals surface area (Å²) in [4.78, 5) is 36.8. The van der Waals surface area contributed by atoms with Gasteiger partial charge in [0, 0.05) is 40.8 Å². The molecule has 0 saturated carbocycles. The SMILES string of the molecule is C=CC(=O)N1CC(CC(=O)Cn2c(C=O)cc3cc(Br)ccc32)C1. The Labute approximate surface area is 148 Å². The third-order valence-corrected chi connectivity index (χ3v) is 4.80. The number of nitrogens with zero attached hydrogens (tertiary/aromatic N) is 2. The van der Waals surface area contributed by atoms with E-state index < -0.39 is 0 Å². The molecule has 124 valence electrons. The number of fused-ring (bicyclic) bond motifs is 1. The van der Waals surface area contributed by atoms with Crippen LogP contribution in [0, 0.1) is 5.92 Å². The number of halogens is 1. The van der Waals surface area contributed by atoms with E-state index in [0.717, 1.165) is 21.7 Å². The second-order valence-electron chi connectivity index (χ2n) is 6.03. The van der Waals surface area contributed by atoms with Gasteiger partial charge in [0.25, 0.3) is 0 Å². The Kier molecular flexibility index (Phi) is 4.66. The molecule has 0 aliphatic carbocycles. The number of Topliss-reactive ketones (excluding diaryl/α,β-unsaturated/α-hetero) is 1. The molecule has 1 fully saturated rings. The fraction of sp³-hybridized carbons (Fsp3) is 0.278. The minimum absolute atomic E-state index is 0.0641. The highest BCUT2D eigenvalue weighted by atomic mass is 79.9. The van der Waals surface area contributed by atoms with Gasteiger partial charge in [0.1, 0.15) is 0 Å². The van der Waals surface area contributed by atoms with Crippen LogP contribution in [-0.2, 0) is 16.1 Å². The summed E-state index contributed by atoms with van der Waals surface area (Å²) in [6, 6.07) is 7.50. The van der Waals surface area contributed by atoms with E-state index in [9.17, 15) is 14.4 Å². The lowest BCUT2D eigenvalue weighted by molar-refractivity contribution is -0.134. The normalized spacial score (nSPS) is 14.5. The maximum absolute atomic E-state index is 12.4. The monoisotopic (exact) mass is 388 g/mol. The van der Waals surface area contributed by atoms with Crippen LogP contribution in [0.25, 0.3) is 10.9 Å². The van der Waals surface area contributed by atoms with Crippen molar-refractivity contribution in [1.29, 1.82) is 0 Å². The number of amides is 1. The average molecular weight is 389 g/mol. The lowest BCUT2D eigenvalue weighted by atomic mass is 9.94. The molecule has 2 aromatic rings. The summed E-state index contributed by atoms with van der Waals surface area (Å²) >= 11 is 3.41. The van der Waals surface area contributed by atoms with Crippen LogP contribution in [-0.4, -0.2) is 40.5 Å². The van der Waals surface area contributed by atoms with Gasteiger partial charge in [0.2, 0.25) is 5.91 Å². The van der Waals surface area contributed by atoms with Crippen molar-refractivity contribution in [2.24, 2.45) is 5.92 Å². The van der Waals surface area contributed by atoms with Crippen molar-refractivity contribution in [3.05, 3.63) is 47.1 Å². The Balaban J connectivity index is 1.69. The summed E-state index contributed by atoms with van der Waals surface area (Å²) < 4.78 is 2.68. The molecule has 1 aliphatic heterocycles. The third kappa shape index (κ3) is 3.19. The van der Waals surface area contributed by atoms with Crippen LogP contribution >= 0.6 is 15.9 Å². The van der Waals surface area contributed by atoms with E-state index in [1.807, 2.05) is 18.2 Å². The van der Waals surface area contributed by atoms with E-state index in [1.165, 1.54) is 6.08 Å². The van der Waals surface area contributed by atoms with Crippen LogP contribution in [0.5, 0.6) is 0 Å². The summed E-state index contributed by atoms with van der Waals surface area (Å²) in [5.41, 5.74) is 1.36. The zero-order valence-corrected chi connectivity index (χ0v) is 14.7. The minimum Gasteiger partial charge on any atom is -0.338 e. The quantitative estimate of drug-likeness (QED) is 0.564. The summed E-state index contributed by atoms with van der Waals surface area (Å²) in [7, 11) is 0. The van der Waals surface area contributed by atoms with E-state index in [-0.39, 0.29) is 24.2 Å². The largest absolute Gasteiger partial charge is 0.338 e. The topological polar surface area (TPSA) is 59.4 Å². The molecule has 0 spiro atoms. The first-order valence-corrected chi connectivity index (χ1v) is 8.48. The molecule has 0 N–H and O–H groups in total. The minimum atomic E-state index is -0.0936. The Morgan fingerprint density at radius 1 is 1.29 bits per heavy atom. The maximum Gasteiger partial charge on any atom is 0.245 e. The number of ketones is 1. The molecule has 24 heavy (non-hydrogen) atoms. The van der Waals surface area contributed by atoms with Gasteiger partial charge in [0.15, 0.2) is 12.1 Å². The molecule has 5 nitrogen and oxygen atoms in total. The molecule has 1 saturated heterocycles. The number of carbonyl (C=O) groups excluding carboxylic acids is 3. The Morgan fingerprint density at radius 2 is 2.04 bits per heavy atom.